The fraction of sp³-hybridized carbons (Fsp3) is 1.00. The second kappa shape index (κ2) is 5.10. The minimum Gasteiger partial charge on any atom is -0.344 e. The van der Waals surface area contributed by atoms with Crippen molar-refractivity contribution in [2.24, 2.45) is 11.1 Å². The number of hydrogen-bond acceptors (Lipinski definition) is 3. The molecule has 0 atom stereocenters. The van der Waals surface area contributed by atoms with Crippen LogP contribution in [0.5, 0.6) is 0 Å². The lowest BCUT2D eigenvalue weighted by Crippen LogP contribution is -2.31. The van der Waals surface area contributed by atoms with Gasteiger partial charge in [-0.1, -0.05) is 0 Å². The van der Waals surface area contributed by atoms with Crippen molar-refractivity contribution in [3.63, 3.8) is 0 Å². The van der Waals surface area contributed by atoms with Crippen molar-refractivity contribution < 1.29 is 0 Å². The van der Waals surface area contributed by atoms with E-state index in [-0.39, 0.29) is 0 Å². The molecule has 3 nitrogen and oxygen atoms in total. The first-order valence-electron chi connectivity index (χ1n) is 2.02. The summed E-state index contributed by atoms with van der Waals surface area (Å²) in [5.74, 6) is 0. The maximum absolute atomic E-state index is 5.19. The van der Waals surface area contributed by atoms with Gasteiger partial charge in [-0.15, -0.1) is 0 Å². The van der Waals surface area contributed by atoms with Crippen LogP contribution in [0.25, 0.3) is 0 Å². The van der Waals surface area contributed by atoms with E-state index in [1.165, 1.54) is 0 Å². The van der Waals surface area contributed by atoms with Crippen LogP contribution < -0.4 is 16.1 Å². The molecule has 0 bridgehead atoms. The van der Waals surface area contributed by atoms with E-state index in [2.05, 4.69) is 4.98 Å². The van der Waals surface area contributed by atoms with Crippen molar-refractivity contribution in [3.8, 4) is 0 Å². The number of nitrogens with two attached hydrogens (primary N) is 2. The molecular formula is C2H11N3Si. The molecule has 0 aromatic rings. The highest BCUT2D eigenvalue weighted by molar-refractivity contribution is 6.27. The van der Waals surface area contributed by atoms with E-state index in [9.17, 15) is 0 Å². The Bertz CT molecular complexity index is 20.8. The van der Waals surface area contributed by atoms with Gasteiger partial charge in [0.2, 0.25) is 0 Å². The molecule has 5 N–H and O–H groups in total. The van der Waals surface area contributed by atoms with E-state index in [1.54, 1.807) is 0 Å². The van der Waals surface area contributed by atoms with Crippen LogP contribution in [0.3, 0.4) is 0 Å². The Morgan fingerprint density at radius 1 is 1.67 bits per heavy atom. The normalized spacial score (nSPS) is 11.0. The van der Waals surface area contributed by atoms with E-state index in [0.717, 1.165) is 6.54 Å². The highest BCUT2D eigenvalue weighted by Crippen LogP contribution is 1.39. The van der Waals surface area contributed by atoms with Gasteiger partial charge in [0, 0.05) is 13.1 Å². The molecule has 0 rings (SSSR count). The van der Waals surface area contributed by atoms with Crippen molar-refractivity contribution in [1.29, 1.82) is 0 Å². The molecule has 0 unspecified atom stereocenters. The van der Waals surface area contributed by atoms with E-state index < -0.39 is 9.84 Å². The first-order valence-corrected chi connectivity index (χ1v) is 3.55. The summed E-state index contributed by atoms with van der Waals surface area (Å²) in [5, 5.41) is 5.19. The molecule has 0 saturated heterocycles. The molecule has 0 aliphatic rings. The number of hydrogen-bond donors (Lipinski definition) is 3. The molecule has 6 heavy (non-hydrogen) atoms. The summed E-state index contributed by atoms with van der Waals surface area (Å²) in [4.78, 5) is 2.99. The van der Waals surface area contributed by atoms with Gasteiger partial charge in [0.05, 0.1) is 0 Å². The zero-order chi connectivity index (χ0) is 4.83. The molecule has 0 aliphatic carbocycles. The van der Waals surface area contributed by atoms with Crippen molar-refractivity contribution in [2.45, 2.75) is 0 Å². The van der Waals surface area contributed by atoms with Crippen molar-refractivity contribution >= 4 is 9.84 Å². The molecule has 4 heteroatoms. The van der Waals surface area contributed by atoms with Crippen LogP contribution in [0.1, 0.15) is 0 Å². The van der Waals surface area contributed by atoms with Crippen molar-refractivity contribution in [1.82, 2.24) is 4.98 Å². The maximum atomic E-state index is 5.19. The zero-order valence-corrected chi connectivity index (χ0v) is 5.19. The molecule has 0 spiro atoms. The summed E-state index contributed by atoms with van der Waals surface area (Å²) in [6, 6.07) is 0. The third kappa shape index (κ3) is 4.10. The highest BCUT2D eigenvalue weighted by Gasteiger charge is 1.72. The van der Waals surface area contributed by atoms with Gasteiger partial charge in [-0.2, -0.15) is 0 Å². The van der Waals surface area contributed by atoms with E-state index in [1.807, 2.05) is 0 Å². The smallest absolute Gasteiger partial charge is 0.164 e. The topological polar surface area (TPSA) is 64.1 Å². The van der Waals surface area contributed by atoms with Gasteiger partial charge in [0.25, 0.3) is 0 Å². The Labute approximate surface area is 40.1 Å². The lowest BCUT2D eigenvalue weighted by atomic mass is 10.7. The molecule has 0 saturated carbocycles. The molecule has 0 heterocycles. The molecule has 0 radical (unpaired) electrons. The largest absolute Gasteiger partial charge is 0.344 e. The van der Waals surface area contributed by atoms with Crippen LogP contribution >= 0.6 is 0 Å². The third-order valence-corrected chi connectivity index (χ3v) is 1.11. The lowest BCUT2D eigenvalue weighted by molar-refractivity contribution is 0.897. The van der Waals surface area contributed by atoms with Gasteiger partial charge in [0.1, 0.15) is 0 Å². The van der Waals surface area contributed by atoms with Crippen molar-refractivity contribution in [2.75, 3.05) is 13.1 Å². The molecule has 0 aliphatic heterocycles. The Hall–Kier alpha value is 0.0969. The summed E-state index contributed by atoms with van der Waals surface area (Å²) >= 11 is 0. The monoisotopic (exact) mass is 105 g/mol. The van der Waals surface area contributed by atoms with Gasteiger partial charge in [0.15, 0.2) is 9.84 Å². The van der Waals surface area contributed by atoms with Gasteiger partial charge in [-0.3, -0.25) is 0 Å². The fourth-order valence-electron chi connectivity index (χ4n) is 0.204. The van der Waals surface area contributed by atoms with Gasteiger partial charge < -0.3 is 16.1 Å². The molecule has 0 fully saturated rings. The first kappa shape index (κ1) is 6.10. The van der Waals surface area contributed by atoms with E-state index in [4.69, 9.17) is 11.1 Å². The van der Waals surface area contributed by atoms with Crippen LogP contribution in [-0.2, 0) is 0 Å². The van der Waals surface area contributed by atoms with Gasteiger partial charge in [-0.05, 0) is 0 Å². The molecule has 0 amide bonds. The molecule has 0 aromatic heterocycles. The van der Waals surface area contributed by atoms with Crippen molar-refractivity contribution in [3.05, 3.63) is 0 Å². The molecular weight excluding hydrogens is 94.1 g/mol. The van der Waals surface area contributed by atoms with Gasteiger partial charge >= 0.3 is 0 Å². The Kier molecular flexibility index (Phi) is 5.18. The summed E-state index contributed by atoms with van der Waals surface area (Å²) in [5.41, 5.74) is 5.12. The average Bonchev–Trinajstić information content (AvgIpc) is 1.61. The molecule has 0 aromatic carbocycles. The predicted molar refractivity (Wildman–Crippen MR) is 29.8 cm³/mol. The first-order chi connectivity index (χ1) is 2.91. The van der Waals surface area contributed by atoms with Crippen LogP contribution in [0.4, 0.5) is 0 Å². The SMILES string of the molecule is NCCN[SiH2]N. The van der Waals surface area contributed by atoms with E-state index in [0.29, 0.717) is 6.54 Å². The van der Waals surface area contributed by atoms with Gasteiger partial charge in [-0.25, -0.2) is 0 Å². The predicted octanol–water partition coefficient (Wildman–Crippen LogP) is -2.51. The fourth-order valence-corrected chi connectivity index (χ4v) is 0.612. The second-order valence-corrected chi connectivity index (χ2v) is 1.90. The summed E-state index contributed by atoms with van der Waals surface area (Å²) in [6.45, 7) is 1.58. The van der Waals surface area contributed by atoms with E-state index >= 15 is 0 Å². The summed E-state index contributed by atoms with van der Waals surface area (Å²) in [6.07, 6.45) is 0. The number of rotatable bonds is 3. The molecule has 38 valence electrons. The minimum absolute atomic E-state index is 0.427. The quantitative estimate of drug-likeness (QED) is 0.274. The Morgan fingerprint density at radius 2 is 2.33 bits per heavy atom. The Morgan fingerprint density at radius 3 is 2.50 bits per heavy atom. The second-order valence-electron chi connectivity index (χ2n) is 0.993. The summed E-state index contributed by atoms with van der Waals surface area (Å²) in [7, 11) is -0.427. The zero-order valence-electron chi connectivity index (χ0n) is 3.78. The van der Waals surface area contributed by atoms with Crippen LogP contribution in [0.2, 0.25) is 0 Å². The third-order valence-electron chi connectivity index (χ3n) is 0.465. The van der Waals surface area contributed by atoms with Crippen LogP contribution in [0, 0.1) is 0 Å². The maximum Gasteiger partial charge on any atom is 0.164 e. The Balaban J connectivity index is 2.34. The van der Waals surface area contributed by atoms with Crippen LogP contribution in [0.15, 0.2) is 0 Å². The average molecular weight is 105 g/mol. The summed E-state index contributed by atoms with van der Waals surface area (Å²) < 4.78 is 0. The standard InChI is InChI=1S/C2H11N3Si/c3-1-2-5-6-4/h5H,1-4,6H2. The highest BCUT2D eigenvalue weighted by atomic mass is 28.2. The lowest BCUT2D eigenvalue weighted by Gasteiger charge is -1.91. The number of nitrogens with one attached hydrogen (secondary N) is 1. The minimum atomic E-state index is -0.427. The van der Waals surface area contributed by atoms with Crippen LogP contribution in [-0.4, -0.2) is 22.9 Å².